The van der Waals surface area contributed by atoms with Crippen LogP contribution in [0, 0.1) is 0 Å². The maximum absolute atomic E-state index is 12.3. The molecule has 32 heavy (non-hydrogen) atoms. The molecule has 0 bridgehead atoms. The van der Waals surface area contributed by atoms with Gasteiger partial charge in [-0.1, -0.05) is 12.1 Å². The molecule has 3 rings (SSSR count). The van der Waals surface area contributed by atoms with Gasteiger partial charge in [0.05, 0.1) is 5.39 Å². The fourth-order valence-corrected chi connectivity index (χ4v) is 3.41. The summed E-state index contributed by atoms with van der Waals surface area (Å²) in [5.41, 5.74) is 14.5. The molecule has 11 heteroatoms. The van der Waals surface area contributed by atoms with E-state index in [-0.39, 0.29) is 18.8 Å². The van der Waals surface area contributed by atoms with E-state index in [4.69, 9.17) is 21.7 Å². The number of fused-ring (bicyclic) bond motifs is 1. The monoisotopic (exact) mass is 440 g/mol. The van der Waals surface area contributed by atoms with Crippen LogP contribution in [0.4, 0.5) is 11.8 Å². The first kappa shape index (κ1) is 22.5. The zero-order valence-corrected chi connectivity index (χ0v) is 17.2. The number of nitrogen functional groups attached to an aromatic ring is 2. The van der Waals surface area contributed by atoms with E-state index >= 15 is 0 Å². The van der Waals surface area contributed by atoms with E-state index in [2.05, 4.69) is 20.3 Å². The summed E-state index contributed by atoms with van der Waals surface area (Å²) in [6.45, 7) is 0. The van der Waals surface area contributed by atoms with Crippen LogP contribution in [0.2, 0.25) is 0 Å². The average Bonchev–Trinajstić information content (AvgIpc) is 3.14. The van der Waals surface area contributed by atoms with Gasteiger partial charge in [0.2, 0.25) is 5.95 Å². The molecule has 0 aliphatic rings. The molecule has 2 aromatic heterocycles. The van der Waals surface area contributed by atoms with E-state index in [0.717, 1.165) is 35.8 Å². The molecular weight excluding hydrogens is 416 g/mol. The largest absolute Gasteiger partial charge is 0.481 e. The molecule has 2 heterocycles. The molecule has 1 amide bonds. The smallest absolute Gasteiger partial charge is 0.326 e. The first-order chi connectivity index (χ1) is 15.2. The summed E-state index contributed by atoms with van der Waals surface area (Å²) >= 11 is 0. The highest BCUT2D eigenvalue weighted by Gasteiger charge is 2.21. The van der Waals surface area contributed by atoms with E-state index in [1.807, 2.05) is 6.20 Å². The van der Waals surface area contributed by atoms with Gasteiger partial charge in [0.15, 0.2) is 0 Å². The number of aromatic amines is 1. The number of carbonyl (C=O) groups is 3. The van der Waals surface area contributed by atoms with Crippen LogP contribution in [0.3, 0.4) is 0 Å². The minimum Gasteiger partial charge on any atom is -0.481 e. The lowest BCUT2D eigenvalue weighted by molar-refractivity contribution is -0.140. The predicted molar refractivity (Wildman–Crippen MR) is 117 cm³/mol. The summed E-state index contributed by atoms with van der Waals surface area (Å²) in [5.74, 6) is -2.52. The lowest BCUT2D eigenvalue weighted by atomic mass is 10.0. The average molecular weight is 440 g/mol. The summed E-state index contributed by atoms with van der Waals surface area (Å²) in [5, 5.41) is 21.0. The number of nitrogens with two attached hydrogens (primary N) is 2. The predicted octanol–water partition coefficient (Wildman–Crippen LogP) is 1.35. The second-order valence-electron chi connectivity index (χ2n) is 7.35. The van der Waals surface area contributed by atoms with Crippen molar-refractivity contribution in [3.63, 3.8) is 0 Å². The number of benzene rings is 1. The normalized spacial score (nSPS) is 11.9. The van der Waals surface area contributed by atoms with Crippen molar-refractivity contribution in [2.75, 3.05) is 11.5 Å². The molecule has 0 radical (unpaired) electrons. The Morgan fingerprint density at radius 3 is 2.44 bits per heavy atom. The van der Waals surface area contributed by atoms with E-state index in [1.165, 1.54) is 0 Å². The van der Waals surface area contributed by atoms with Gasteiger partial charge in [0, 0.05) is 18.2 Å². The number of nitrogens with zero attached hydrogens (tertiary/aromatic N) is 2. The van der Waals surface area contributed by atoms with Crippen molar-refractivity contribution in [1.82, 2.24) is 20.3 Å². The number of aromatic nitrogens is 3. The number of anilines is 2. The number of hydrogen-bond donors (Lipinski definition) is 6. The quantitative estimate of drug-likeness (QED) is 0.269. The SMILES string of the molecule is Nc1nc(N)c2c(CCCc3ccc(C(=O)N[C@@H](CCC(=O)O)C(=O)O)cc3)c[nH]c2n1. The molecule has 0 aliphatic heterocycles. The van der Waals surface area contributed by atoms with Crippen molar-refractivity contribution in [3.8, 4) is 0 Å². The van der Waals surface area contributed by atoms with Gasteiger partial charge >= 0.3 is 11.9 Å². The van der Waals surface area contributed by atoms with Gasteiger partial charge in [-0.3, -0.25) is 9.59 Å². The number of amides is 1. The number of aryl methyl sites for hydroxylation is 2. The van der Waals surface area contributed by atoms with E-state index < -0.39 is 23.9 Å². The van der Waals surface area contributed by atoms with Crippen LogP contribution in [0.25, 0.3) is 11.0 Å². The second kappa shape index (κ2) is 9.77. The van der Waals surface area contributed by atoms with Crippen LogP contribution < -0.4 is 16.8 Å². The Morgan fingerprint density at radius 2 is 1.78 bits per heavy atom. The van der Waals surface area contributed by atoms with Crippen molar-refractivity contribution < 1.29 is 24.6 Å². The third-order valence-corrected chi connectivity index (χ3v) is 5.04. The van der Waals surface area contributed by atoms with Crippen molar-refractivity contribution in [2.45, 2.75) is 38.1 Å². The molecule has 1 aromatic carbocycles. The second-order valence-corrected chi connectivity index (χ2v) is 7.35. The fraction of sp³-hybridized carbons (Fsp3) is 0.286. The molecule has 0 saturated carbocycles. The van der Waals surface area contributed by atoms with E-state index in [9.17, 15) is 14.4 Å². The van der Waals surface area contributed by atoms with Gasteiger partial charge in [-0.25, -0.2) is 4.79 Å². The number of hydrogen-bond acceptors (Lipinski definition) is 7. The van der Waals surface area contributed by atoms with Crippen LogP contribution in [-0.2, 0) is 22.4 Å². The van der Waals surface area contributed by atoms with Crippen LogP contribution >= 0.6 is 0 Å². The van der Waals surface area contributed by atoms with Gasteiger partial charge < -0.3 is 32.0 Å². The molecule has 1 atom stereocenters. The molecule has 168 valence electrons. The number of nitrogens with one attached hydrogen (secondary N) is 2. The van der Waals surface area contributed by atoms with Gasteiger partial charge in [-0.05, 0) is 48.9 Å². The standard InChI is InChI=1S/C21H24N6O5/c22-17-16-13(10-24-18(16)27-21(23)26-17)3-1-2-11-4-6-12(7-5-11)19(30)25-14(20(31)32)8-9-15(28)29/h4-7,10,14H,1-3,8-9H2,(H,25,30)(H,28,29)(H,31,32)(H5,22,23,24,26,27)/t14-/m0/s1. The molecule has 0 fully saturated rings. The fourth-order valence-electron chi connectivity index (χ4n) is 3.41. The zero-order chi connectivity index (χ0) is 23.3. The number of H-pyrrole nitrogens is 1. The van der Waals surface area contributed by atoms with Crippen LogP contribution in [-0.4, -0.2) is 49.1 Å². The summed E-state index contributed by atoms with van der Waals surface area (Å²) in [6.07, 6.45) is 3.61. The Labute approximate surface area is 182 Å². The molecule has 0 spiro atoms. The van der Waals surface area contributed by atoms with E-state index in [1.54, 1.807) is 24.3 Å². The lowest BCUT2D eigenvalue weighted by Gasteiger charge is -2.13. The number of carbonyl (C=O) groups excluding carboxylic acids is 1. The Kier molecular flexibility index (Phi) is 6.88. The minimum absolute atomic E-state index is 0.115. The lowest BCUT2D eigenvalue weighted by Crippen LogP contribution is -2.41. The topological polar surface area (TPSA) is 197 Å². The number of carboxylic acid groups (broad SMARTS) is 2. The first-order valence-corrected chi connectivity index (χ1v) is 9.98. The number of carboxylic acids is 2. The molecule has 0 aliphatic carbocycles. The first-order valence-electron chi connectivity index (χ1n) is 9.98. The maximum Gasteiger partial charge on any atom is 0.326 e. The summed E-state index contributed by atoms with van der Waals surface area (Å²) in [7, 11) is 0. The van der Waals surface area contributed by atoms with Gasteiger partial charge in [0.1, 0.15) is 17.5 Å². The Bertz CT molecular complexity index is 1140. The van der Waals surface area contributed by atoms with Crippen LogP contribution in [0.5, 0.6) is 0 Å². The van der Waals surface area contributed by atoms with Crippen molar-refractivity contribution >= 4 is 40.6 Å². The number of aliphatic carboxylic acids is 2. The summed E-state index contributed by atoms with van der Waals surface area (Å²) in [4.78, 5) is 45.4. The van der Waals surface area contributed by atoms with Gasteiger partial charge in [0.25, 0.3) is 5.91 Å². The highest BCUT2D eigenvalue weighted by molar-refractivity contribution is 5.96. The van der Waals surface area contributed by atoms with Crippen molar-refractivity contribution in [3.05, 3.63) is 47.2 Å². The number of rotatable bonds is 10. The maximum atomic E-state index is 12.3. The molecule has 8 N–H and O–H groups in total. The van der Waals surface area contributed by atoms with Crippen molar-refractivity contribution in [1.29, 1.82) is 0 Å². The zero-order valence-electron chi connectivity index (χ0n) is 17.2. The minimum atomic E-state index is -1.28. The molecule has 3 aromatic rings. The Balaban J connectivity index is 1.56. The summed E-state index contributed by atoms with van der Waals surface area (Å²) < 4.78 is 0. The Morgan fingerprint density at radius 1 is 1.06 bits per heavy atom. The molecular formula is C21H24N6O5. The Hall–Kier alpha value is -4.15. The van der Waals surface area contributed by atoms with E-state index in [0.29, 0.717) is 17.0 Å². The third-order valence-electron chi connectivity index (χ3n) is 5.04. The summed E-state index contributed by atoms with van der Waals surface area (Å²) in [6, 6.07) is 5.56. The van der Waals surface area contributed by atoms with Crippen molar-refractivity contribution in [2.24, 2.45) is 0 Å². The van der Waals surface area contributed by atoms with Crippen LogP contribution in [0.1, 0.15) is 40.7 Å². The highest BCUT2D eigenvalue weighted by atomic mass is 16.4. The molecule has 0 unspecified atom stereocenters. The van der Waals surface area contributed by atoms with Crippen LogP contribution in [0.15, 0.2) is 30.5 Å². The highest BCUT2D eigenvalue weighted by Crippen LogP contribution is 2.24. The third kappa shape index (κ3) is 5.50. The molecule has 11 nitrogen and oxygen atoms in total. The van der Waals surface area contributed by atoms with Gasteiger partial charge in [-0.15, -0.1) is 0 Å². The van der Waals surface area contributed by atoms with Gasteiger partial charge in [-0.2, -0.15) is 9.97 Å². The molecule has 0 saturated heterocycles.